The van der Waals surface area contributed by atoms with E-state index in [0.29, 0.717) is 0 Å². The van der Waals surface area contributed by atoms with Crippen molar-refractivity contribution in [3.63, 3.8) is 0 Å². The Morgan fingerprint density at radius 3 is 1.64 bits per heavy atom. The lowest BCUT2D eigenvalue weighted by Crippen LogP contribution is -1.91. The van der Waals surface area contributed by atoms with Gasteiger partial charge in [-0.2, -0.15) is 0 Å². The Kier molecular flexibility index (Phi) is 4.47. The van der Waals surface area contributed by atoms with Gasteiger partial charge in [0, 0.05) is 12.1 Å². The zero-order chi connectivity index (χ0) is 11.1. The van der Waals surface area contributed by atoms with Gasteiger partial charge >= 0.3 is 0 Å². The van der Waals surface area contributed by atoms with Gasteiger partial charge < -0.3 is 4.79 Å². The lowest BCUT2D eigenvalue weighted by atomic mass is 10.3. The molecule has 0 N–H and O–H groups in total. The van der Waals surface area contributed by atoms with Crippen LogP contribution in [0.1, 0.15) is 0 Å². The van der Waals surface area contributed by atoms with Crippen molar-refractivity contribution in [1.29, 1.82) is 0 Å². The lowest BCUT2D eigenvalue weighted by Gasteiger charge is -1.90. The highest BCUT2D eigenvalue weighted by Gasteiger charge is 2.11. The van der Waals surface area contributed by atoms with Gasteiger partial charge in [0.15, 0.2) is 0 Å². The third kappa shape index (κ3) is 2.97. The molecule has 0 aliphatic rings. The van der Waals surface area contributed by atoms with E-state index in [9.17, 15) is 20.2 Å². The predicted molar refractivity (Wildman–Crippen MR) is 46.9 cm³/mol. The maximum absolute atomic E-state index is 10.2. The van der Waals surface area contributed by atoms with E-state index in [1.165, 1.54) is 18.2 Å². The molecular weight excluding hydrogens is 192 g/mol. The topological polar surface area (TPSA) is 103 Å². The molecule has 14 heavy (non-hydrogen) atoms. The van der Waals surface area contributed by atoms with Gasteiger partial charge in [-0.1, -0.05) is 0 Å². The van der Waals surface area contributed by atoms with E-state index >= 15 is 0 Å². The first kappa shape index (κ1) is 11.7. The molecule has 0 atom stereocenters. The summed E-state index contributed by atoms with van der Waals surface area (Å²) in [6.07, 6.45) is 0. The Morgan fingerprint density at radius 2 is 1.36 bits per heavy atom. The second-order valence-electron chi connectivity index (χ2n) is 2.03. The average Bonchev–Trinajstić information content (AvgIpc) is 2.21. The first-order chi connectivity index (χ1) is 6.61. The van der Waals surface area contributed by atoms with Crippen LogP contribution in [0, 0.1) is 20.2 Å². The highest BCUT2D eigenvalue weighted by atomic mass is 16.6. The number of non-ortho nitro benzene ring substituents is 2. The number of nitro benzene ring substituents is 2. The van der Waals surface area contributed by atoms with E-state index in [4.69, 9.17) is 4.79 Å². The summed E-state index contributed by atoms with van der Waals surface area (Å²) in [5.74, 6) is 0. The van der Waals surface area contributed by atoms with Crippen molar-refractivity contribution in [3.05, 3.63) is 44.5 Å². The molecule has 0 amide bonds. The first-order valence-corrected chi connectivity index (χ1v) is 3.29. The van der Waals surface area contributed by atoms with Gasteiger partial charge in [0.25, 0.3) is 11.4 Å². The van der Waals surface area contributed by atoms with E-state index in [1.54, 1.807) is 0 Å². The van der Waals surface area contributed by atoms with Crippen molar-refractivity contribution in [1.82, 2.24) is 0 Å². The van der Waals surface area contributed by atoms with Gasteiger partial charge in [0.1, 0.15) is 6.79 Å². The molecule has 0 aliphatic heterocycles. The fourth-order valence-electron chi connectivity index (χ4n) is 0.720. The van der Waals surface area contributed by atoms with E-state index < -0.39 is 9.85 Å². The fourth-order valence-corrected chi connectivity index (χ4v) is 0.720. The van der Waals surface area contributed by atoms with Crippen molar-refractivity contribution >= 4 is 18.2 Å². The van der Waals surface area contributed by atoms with Crippen LogP contribution in [0.4, 0.5) is 11.4 Å². The molecule has 0 fully saturated rings. The molecule has 74 valence electrons. The van der Waals surface area contributed by atoms with Crippen molar-refractivity contribution in [2.24, 2.45) is 0 Å². The zero-order valence-electron chi connectivity index (χ0n) is 6.95. The summed E-state index contributed by atoms with van der Waals surface area (Å²) in [6, 6.07) is 4.59. The molecule has 0 aromatic heterocycles. The first-order valence-electron chi connectivity index (χ1n) is 3.29. The summed E-state index contributed by atoms with van der Waals surface area (Å²) < 4.78 is 0. The second kappa shape index (κ2) is 5.36. The molecule has 0 unspecified atom stereocenters. The molecule has 0 spiro atoms. The molecule has 7 heteroatoms. The van der Waals surface area contributed by atoms with Gasteiger partial charge in [0.05, 0.1) is 15.9 Å². The highest BCUT2D eigenvalue weighted by Crippen LogP contribution is 2.18. The minimum atomic E-state index is -0.674. The van der Waals surface area contributed by atoms with E-state index in [1.807, 2.05) is 6.79 Å². The third-order valence-corrected chi connectivity index (χ3v) is 1.25. The normalized spacial score (nSPS) is 8.29. The Labute approximate surface area is 78.3 Å². The van der Waals surface area contributed by atoms with Crippen LogP contribution in [0.25, 0.3) is 0 Å². The third-order valence-electron chi connectivity index (χ3n) is 1.25. The monoisotopic (exact) mass is 198 g/mol. The summed E-state index contributed by atoms with van der Waals surface area (Å²) >= 11 is 0. The van der Waals surface area contributed by atoms with Crippen LogP contribution in [0.5, 0.6) is 0 Å². The van der Waals surface area contributed by atoms with Crippen molar-refractivity contribution in [2.45, 2.75) is 0 Å². The van der Waals surface area contributed by atoms with Gasteiger partial charge in [-0.15, -0.1) is 0 Å². The lowest BCUT2D eigenvalue weighted by molar-refractivity contribution is -0.394. The fraction of sp³-hybridized carbons (Fsp3) is 0. The maximum Gasteiger partial charge on any atom is 0.276 e. The minimum Gasteiger partial charge on any atom is -0.307 e. The Balaban J connectivity index is 0.000000791. The van der Waals surface area contributed by atoms with Crippen molar-refractivity contribution in [3.8, 4) is 0 Å². The number of nitro groups is 2. The number of carbonyl (C=O) groups excluding carboxylic acids is 1. The minimum absolute atomic E-state index is 0.274. The zero-order valence-corrected chi connectivity index (χ0v) is 6.95. The summed E-state index contributed by atoms with van der Waals surface area (Å²) in [6.45, 7) is 2.00. The Morgan fingerprint density at radius 1 is 1.00 bits per heavy atom. The molecule has 0 heterocycles. The molecule has 1 aromatic rings. The van der Waals surface area contributed by atoms with Gasteiger partial charge in [-0.25, -0.2) is 0 Å². The predicted octanol–water partition coefficient (Wildman–Crippen LogP) is 1.32. The molecule has 0 aliphatic carbocycles. The number of rotatable bonds is 2. The summed E-state index contributed by atoms with van der Waals surface area (Å²) in [4.78, 5) is 27.0. The number of hydrogen-bond donors (Lipinski definition) is 0. The van der Waals surface area contributed by atoms with Crippen molar-refractivity contribution in [2.75, 3.05) is 0 Å². The largest absolute Gasteiger partial charge is 0.307 e. The van der Waals surface area contributed by atoms with Crippen LogP contribution in [0.15, 0.2) is 24.3 Å². The van der Waals surface area contributed by atoms with Crippen LogP contribution < -0.4 is 0 Å². The van der Waals surface area contributed by atoms with Gasteiger partial charge in [-0.3, -0.25) is 20.2 Å². The van der Waals surface area contributed by atoms with E-state index in [2.05, 4.69) is 0 Å². The quantitative estimate of drug-likeness (QED) is 0.526. The summed E-state index contributed by atoms with van der Waals surface area (Å²) in [5, 5.41) is 20.3. The summed E-state index contributed by atoms with van der Waals surface area (Å²) in [7, 11) is 0. The molecule has 7 nitrogen and oxygen atoms in total. The SMILES string of the molecule is C=O.O=[N+]([O-])c1cccc([N+](=O)[O-])c1. The second-order valence-corrected chi connectivity index (χ2v) is 2.03. The van der Waals surface area contributed by atoms with Crippen LogP contribution in [-0.2, 0) is 4.79 Å². The number of carbonyl (C=O) groups is 1. The number of nitrogens with zero attached hydrogens (tertiary/aromatic N) is 2. The molecular formula is C7H6N2O5. The average molecular weight is 198 g/mol. The molecule has 0 bridgehead atoms. The van der Waals surface area contributed by atoms with E-state index in [0.717, 1.165) is 6.07 Å². The smallest absolute Gasteiger partial charge is 0.276 e. The number of benzene rings is 1. The van der Waals surface area contributed by atoms with Gasteiger partial charge in [-0.05, 0) is 6.07 Å². The molecule has 0 saturated heterocycles. The Bertz CT molecular complexity index is 322. The van der Waals surface area contributed by atoms with Crippen LogP contribution >= 0.6 is 0 Å². The molecule has 1 rings (SSSR count). The summed E-state index contributed by atoms with van der Waals surface area (Å²) in [5.41, 5.74) is -0.548. The van der Waals surface area contributed by atoms with Crippen LogP contribution in [0.2, 0.25) is 0 Å². The number of hydrogen-bond acceptors (Lipinski definition) is 5. The highest BCUT2D eigenvalue weighted by molar-refractivity contribution is 5.42. The molecule has 0 saturated carbocycles. The van der Waals surface area contributed by atoms with Crippen LogP contribution in [-0.4, -0.2) is 16.6 Å². The van der Waals surface area contributed by atoms with Crippen LogP contribution in [0.3, 0.4) is 0 Å². The van der Waals surface area contributed by atoms with Gasteiger partial charge in [0.2, 0.25) is 0 Å². The maximum atomic E-state index is 10.2. The Hall–Kier alpha value is -2.31. The molecule has 1 aromatic carbocycles. The van der Waals surface area contributed by atoms with Crippen molar-refractivity contribution < 1.29 is 14.6 Å². The van der Waals surface area contributed by atoms with E-state index in [-0.39, 0.29) is 11.4 Å². The standard InChI is InChI=1S/C6H4N2O4.CH2O/c9-7(10)5-2-1-3-6(4-5)8(11)12;1-2/h1-4H;1H2. The molecule has 0 radical (unpaired) electrons.